The molecule has 1 aliphatic rings. The molecule has 0 bridgehead atoms. The second-order valence-electron chi connectivity index (χ2n) is 7.83. The van der Waals surface area contributed by atoms with Gasteiger partial charge in [0, 0.05) is 39.3 Å². The Hall–Kier alpha value is -2.12. The Morgan fingerprint density at radius 2 is 1.72 bits per heavy atom. The van der Waals surface area contributed by atoms with Crippen LogP contribution in [0.25, 0.3) is 0 Å². The van der Waals surface area contributed by atoms with Crippen molar-refractivity contribution < 1.29 is 14.3 Å². The highest BCUT2D eigenvalue weighted by Gasteiger charge is 2.24. The summed E-state index contributed by atoms with van der Waals surface area (Å²) in [4.78, 5) is 28.9. The molecule has 1 atom stereocenters. The van der Waals surface area contributed by atoms with Gasteiger partial charge >= 0.3 is 6.09 Å². The number of piperazine rings is 1. The van der Waals surface area contributed by atoms with Crippen LogP contribution in [0.15, 0.2) is 30.3 Å². The molecule has 2 rings (SSSR count). The average Bonchev–Trinajstić information content (AvgIpc) is 2.71. The van der Waals surface area contributed by atoms with Crippen LogP contribution in [0.5, 0.6) is 0 Å². The van der Waals surface area contributed by atoms with Crippen LogP contribution >= 0.6 is 0 Å². The highest BCUT2D eigenvalue weighted by atomic mass is 16.5. The van der Waals surface area contributed by atoms with Crippen molar-refractivity contribution in [2.24, 2.45) is 5.92 Å². The molecule has 0 aliphatic carbocycles. The maximum Gasteiger partial charge on any atom is 0.407 e. The molecule has 0 radical (unpaired) electrons. The molecule has 1 heterocycles. The highest BCUT2D eigenvalue weighted by molar-refractivity contribution is 5.85. The third-order valence-electron chi connectivity index (χ3n) is 5.16. The van der Waals surface area contributed by atoms with E-state index in [1.165, 1.54) is 5.56 Å². The minimum absolute atomic E-state index is 0.00269. The van der Waals surface area contributed by atoms with Crippen molar-refractivity contribution in [3.63, 3.8) is 0 Å². The van der Waals surface area contributed by atoms with Crippen molar-refractivity contribution in [2.75, 3.05) is 45.9 Å². The van der Waals surface area contributed by atoms with Crippen molar-refractivity contribution in [3.05, 3.63) is 35.9 Å². The van der Waals surface area contributed by atoms with Crippen molar-refractivity contribution in [3.8, 4) is 0 Å². The zero-order chi connectivity index (χ0) is 21.1. The summed E-state index contributed by atoms with van der Waals surface area (Å²) in [6.07, 6.45) is 0.351. The topological polar surface area (TPSA) is 73.9 Å². The lowest BCUT2D eigenvalue weighted by molar-refractivity contribution is -0.124. The Morgan fingerprint density at radius 3 is 2.34 bits per heavy atom. The van der Waals surface area contributed by atoms with Gasteiger partial charge in [-0.1, -0.05) is 44.2 Å². The molecule has 2 N–H and O–H groups in total. The molecule has 1 aromatic rings. The van der Waals surface area contributed by atoms with Crippen LogP contribution in [-0.2, 0) is 16.1 Å². The number of carbonyl (C=O) groups is 2. The number of benzene rings is 1. The molecule has 29 heavy (non-hydrogen) atoms. The van der Waals surface area contributed by atoms with E-state index >= 15 is 0 Å². The molecule has 2 amide bonds. The Morgan fingerprint density at radius 1 is 1.07 bits per heavy atom. The quantitative estimate of drug-likeness (QED) is 0.584. The number of carbonyl (C=O) groups excluding carboxylic acids is 2. The largest absolute Gasteiger partial charge is 0.450 e. The first-order valence-corrected chi connectivity index (χ1v) is 10.7. The number of nitrogens with one attached hydrogen (secondary N) is 2. The van der Waals surface area contributed by atoms with Gasteiger partial charge in [-0.05, 0) is 31.4 Å². The molecular formula is C22H36N4O3. The smallest absolute Gasteiger partial charge is 0.407 e. The molecule has 7 heteroatoms. The Bertz CT molecular complexity index is 616. The van der Waals surface area contributed by atoms with E-state index in [1.807, 2.05) is 13.8 Å². The Kier molecular flexibility index (Phi) is 9.94. The summed E-state index contributed by atoms with van der Waals surface area (Å²) < 4.78 is 4.88. The lowest BCUT2D eigenvalue weighted by Crippen LogP contribution is -2.50. The van der Waals surface area contributed by atoms with Crippen molar-refractivity contribution in [2.45, 2.75) is 39.8 Å². The van der Waals surface area contributed by atoms with E-state index in [9.17, 15) is 9.59 Å². The van der Waals surface area contributed by atoms with Gasteiger partial charge in [-0.15, -0.1) is 0 Å². The van der Waals surface area contributed by atoms with Crippen LogP contribution in [0.3, 0.4) is 0 Å². The minimum Gasteiger partial charge on any atom is -0.450 e. The van der Waals surface area contributed by atoms with Crippen LogP contribution in [0.4, 0.5) is 4.79 Å². The summed E-state index contributed by atoms with van der Waals surface area (Å²) in [5.74, 6) is -0.155. The number of amides is 2. The summed E-state index contributed by atoms with van der Waals surface area (Å²) in [5.41, 5.74) is 1.36. The molecule has 7 nitrogen and oxygen atoms in total. The van der Waals surface area contributed by atoms with Gasteiger partial charge < -0.3 is 20.3 Å². The predicted octanol–water partition coefficient (Wildman–Crippen LogP) is 2.08. The fraction of sp³-hybridized carbons (Fsp3) is 0.636. The third kappa shape index (κ3) is 8.41. The minimum atomic E-state index is -0.574. The molecule has 1 unspecified atom stereocenters. The first kappa shape index (κ1) is 23.2. The van der Waals surface area contributed by atoms with E-state index in [0.717, 1.165) is 45.7 Å². The molecule has 1 saturated heterocycles. The zero-order valence-corrected chi connectivity index (χ0v) is 18.0. The lowest BCUT2D eigenvalue weighted by Gasteiger charge is -2.34. The number of hydrogen-bond donors (Lipinski definition) is 2. The van der Waals surface area contributed by atoms with Crippen molar-refractivity contribution in [1.29, 1.82) is 0 Å². The lowest BCUT2D eigenvalue weighted by atomic mass is 10.0. The third-order valence-corrected chi connectivity index (χ3v) is 5.16. The molecule has 0 aromatic heterocycles. The summed E-state index contributed by atoms with van der Waals surface area (Å²) in [5, 5.41) is 5.59. The van der Waals surface area contributed by atoms with Crippen LogP contribution < -0.4 is 10.6 Å². The number of ether oxygens (including phenoxy) is 1. The number of alkyl carbamates (subject to hydrolysis) is 1. The molecule has 162 valence electrons. The first-order chi connectivity index (χ1) is 14.0. The van der Waals surface area contributed by atoms with Gasteiger partial charge in [0.05, 0.1) is 6.61 Å². The van der Waals surface area contributed by atoms with Gasteiger partial charge in [-0.2, -0.15) is 0 Å². The van der Waals surface area contributed by atoms with Crippen LogP contribution in [0, 0.1) is 5.92 Å². The van der Waals surface area contributed by atoms with E-state index in [4.69, 9.17) is 4.74 Å². The fourth-order valence-corrected chi connectivity index (χ4v) is 3.47. The summed E-state index contributed by atoms with van der Waals surface area (Å²) in [7, 11) is 0. The standard InChI is InChI=1S/C22H36N4O3/c1-4-29-22(28)24-20(18(2)3)21(27)23-11-8-12-25-13-15-26(16-14-25)17-19-9-6-5-7-10-19/h5-7,9-10,18,20H,4,8,11-17H2,1-3H3,(H,23,27)(H,24,28). The molecule has 1 aromatic carbocycles. The van der Waals surface area contributed by atoms with Gasteiger partial charge in [-0.3, -0.25) is 9.69 Å². The van der Waals surface area contributed by atoms with E-state index < -0.39 is 12.1 Å². The van der Waals surface area contributed by atoms with E-state index in [0.29, 0.717) is 6.54 Å². The number of hydrogen-bond acceptors (Lipinski definition) is 5. The van der Waals surface area contributed by atoms with Gasteiger partial charge in [-0.25, -0.2) is 4.79 Å². The van der Waals surface area contributed by atoms with E-state index in [2.05, 4.69) is 50.8 Å². The second kappa shape index (κ2) is 12.4. The van der Waals surface area contributed by atoms with Gasteiger partial charge in [0.25, 0.3) is 0 Å². The predicted molar refractivity (Wildman–Crippen MR) is 115 cm³/mol. The Labute approximate surface area is 174 Å². The summed E-state index contributed by atoms with van der Waals surface area (Å²) in [6, 6.07) is 10.0. The first-order valence-electron chi connectivity index (χ1n) is 10.7. The summed E-state index contributed by atoms with van der Waals surface area (Å²) >= 11 is 0. The monoisotopic (exact) mass is 404 g/mol. The maximum absolute atomic E-state index is 12.4. The van der Waals surface area contributed by atoms with Crippen molar-refractivity contribution in [1.82, 2.24) is 20.4 Å². The molecular weight excluding hydrogens is 368 g/mol. The van der Waals surface area contributed by atoms with Crippen LogP contribution in [0.2, 0.25) is 0 Å². The number of rotatable bonds is 10. The summed E-state index contributed by atoms with van der Waals surface area (Å²) in [6.45, 7) is 12.7. The average molecular weight is 405 g/mol. The molecule has 1 aliphatic heterocycles. The zero-order valence-electron chi connectivity index (χ0n) is 18.0. The van der Waals surface area contributed by atoms with E-state index in [1.54, 1.807) is 6.92 Å². The Balaban J connectivity index is 1.62. The van der Waals surface area contributed by atoms with Crippen LogP contribution in [-0.4, -0.2) is 73.7 Å². The van der Waals surface area contributed by atoms with Gasteiger partial charge in [0.1, 0.15) is 6.04 Å². The molecule has 0 spiro atoms. The van der Waals surface area contributed by atoms with Gasteiger partial charge in [0.15, 0.2) is 0 Å². The fourth-order valence-electron chi connectivity index (χ4n) is 3.47. The van der Waals surface area contributed by atoms with Crippen LogP contribution in [0.1, 0.15) is 32.8 Å². The SMILES string of the molecule is CCOC(=O)NC(C(=O)NCCCN1CCN(Cc2ccccc2)CC1)C(C)C. The molecule has 0 saturated carbocycles. The van der Waals surface area contributed by atoms with Gasteiger partial charge in [0.2, 0.25) is 5.91 Å². The maximum atomic E-state index is 12.4. The second-order valence-corrected chi connectivity index (χ2v) is 7.83. The molecule has 1 fully saturated rings. The number of nitrogens with zero attached hydrogens (tertiary/aromatic N) is 2. The normalized spacial score (nSPS) is 16.4. The van der Waals surface area contributed by atoms with Crippen molar-refractivity contribution >= 4 is 12.0 Å². The van der Waals surface area contributed by atoms with E-state index in [-0.39, 0.29) is 18.4 Å². The highest BCUT2D eigenvalue weighted by Crippen LogP contribution is 2.08.